The zero-order chi connectivity index (χ0) is 8.27. The molecule has 0 amide bonds. The fourth-order valence-electron chi connectivity index (χ4n) is 1.41. The van der Waals surface area contributed by atoms with Crippen LogP contribution in [0.2, 0.25) is 0 Å². The van der Waals surface area contributed by atoms with Crippen LogP contribution in [0.4, 0.5) is 0 Å². The summed E-state index contributed by atoms with van der Waals surface area (Å²) in [5, 5.41) is 1.76. The standard InChI is InChI=1S/C8H15NO2/c1-7-4-3-5-9(6-7)11-8(2)10/h7H,3-6H2,1-2H3. The second-order valence-corrected chi connectivity index (χ2v) is 3.22. The number of hydrogen-bond donors (Lipinski definition) is 0. The van der Waals surface area contributed by atoms with E-state index in [1.54, 1.807) is 5.06 Å². The van der Waals surface area contributed by atoms with Crippen molar-refractivity contribution >= 4 is 5.97 Å². The van der Waals surface area contributed by atoms with E-state index in [1.165, 1.54) is 13.3 Å². The Morgan fingerprint density at radius 2 is 2.36 bits per heavy atom. The van der Waals surface area contributed by atoms with Crippen LogP contribution in [-0.4, -0.2) is 24.1 Å². The molecule has 3 heteroatoms. The van der Waals surface area contributed by atoms with Gasteiger partial charge in [0.25, 0.3) is 0 Å². The molecule has 0 aromatic carbocycles. The van der Waals surface area contributed by atoms with Gasteiger partial charge in [0.05, 0.1) is 0 Å². The number of nitrogens with zero attached hydrogens (tertiary/aromatic N) is 1. The van der Waals surface area contributed by atoms with Crippen LogP contribution in [0, 0.1) is 5.92 Å². The van der Waals surface area contributed by atoms with E-state index in [1.807, 2.05) is 0 Å². The minimum absolute atomic E-state index is 0.209. The van der Waals surface area contributed by atoms with Crippen LogP contribution < -0.4 is 0 Å². The van der Waals surface area contributed by atoms with Gasteiger partial charge in [0.1, 0.15) is 0 Å². The molecule has 1 saturated heterocycles. The first kappa shape index (κ1) is 8.53. The second-order valence-electron chi connectivity index (χ2n) is 3.22. The Balaban J connectivity index is 2.28. The lowest BCUT2D eigenvalue weighted by Crippen LogP contribution is -2.35. The lowest BCUT2D eigenvalue weighted by molar-refractivity contribution is -0.195. The topological polar surface area (TPSA) is 29.5 Å². The van der Waals surface area contributed by atoms with Gasteiger partial charge in [-0.2, -0.15) is 0 Å². The summed E-state index contributed by atoms with van der Waals surface area (Å²) < 4.78 is 0. The van der Waals surface area contributed by atoms with Gasteiger partial charge >= 0.3 is 5.97 Å². The van der Waals surface area contributed by atoms with E-state index >= 15 is 0 Å². The molecule has 1 heterocycles. The molecule has 0 radical (unpaired) electrons. The number of hydrogen-bond acceptors (Lipinski definition) is 3. The molecule has 1 aliphatic heterocycles. The average molecular weight is 157 g/mol. The Morgan fingerprint density at radius 1 is 1.64 bits per heavy atom. The van der Waals surface area contributed by atoms with E-state index in [0.717, 1.165) is 19.5 Å². The lowest BCUT2D eigenvalue weighted by atomic mass is 10.0. The molecule has 1 atom stereocenters. The molecule has 64 valence electrons. The smallest absolute Gasteiger partial charge is 0.322 e. The van der Waals surface area contributed by atoms with Crippen molar-refractivity contribution in [1.29, 1.82) is 0 Å². The van der Waals surface area contributed by atoms with Gasteiger partial charge in [-0.05, 0) is 18.8 Å². The Bertz CT molecular complexity index is 147. The van der Waals surface area contributed by atoms with E-state index in [4.69, 9.17) is 4.84 Å². The number of piperidine rings is 1. The molecular formula is C8H15NO2. The van der Waals surface area contributed by atoms with Crippen molar-refractivity contribution in [3.63, 3.8) is 0 Å². The molecule has 1 unspecified atom stereocenters. The fraction of sp³-hybridized carbons (Fsp3) is 0.875. The first-order chi connectivity index (χ1) is 5.18. The van der Waals surface area contributed by atoms with Gasteiger partial charge in [-0.15, -0.1) is 5.06 Å². The summed E-state index contributed by atoms with van der Waals surface area (Å²) in [5.74, 6) is 0.446. The maximum Gasteiger partial charge on any atom is 0.322 e. The molecule has 3 nitrogen and oxygen atoms in total. The zero-order valence-corrected chi connectivity index (χ0v) is 7.17. The number of rotatable bonds is 1. The summed E-state index contributed by atoms with van der Waals surface area (Å²) in [6.07, 6.45) is 2.38. The molecule has 0 N–H and O–H groups in total. The van der Waals surface area contributed by atoms with E-state index in [2.05, 4.69) is 6.92 Å². The van der Waals surface area contributed by atoms with Crippen LogP contribution >= 0.6 is 0 Å². The molecule has 0 aliphatic carbocycles. The van der Waals surface area contributed by atoms with Crippen molar-refractivity contribution in [2.75, 3.05) is 13.1 Å². The summed E-state index contributed by atoms with van der Waals surface area (Å²) >= 11 is 0. The third kappa shape index (κ3) is 2.89. The number of carbonyl (C=O) groups excluding carboxylic acids is 1. The molecule has 1 aliphatic rings. The van der Waals surface area contributed by atoms with Gasteiger partial charge in [0.2, 0.25) is 0 Å². The largest absolute Gasteiger partial charge is 0.368 e. The summed E-state index contributed by atoms with van der Waals surface area (Å²) in [5.41, 5.74) is 0. The average Bonchev–Trinajstić information content (AvgIpc) is 1.85. The second kappa shape index (κ2) is 3.72. The van der Waals surface area contributed by atoms with Crippen molar-refractivity contribution < 1.29 is 9.63 Å². The van der Waals surface area contributed by atoms with Gasteiger partial charge in [0, 0.05) is 20.0 Å². The Morgan fingerprint density at radius 3 is 2.91 bits per heavy atom. The van der Waals surface area contributed by atoms with E-state index in [9.17, 15) is 4.79 Å². The predicted molar refractivity (Wildman–Crippen MR) is 41.7 cm³/mol. The third-order valence-electron chi connectivity index (χ3n) is 1.88. The van der Waals surface area contributed by atoms with Gasteiger partial charge < -0.3 is 4.84 Å². The Labute approximate surface area is 67.3 Å². The summed E-state index contributed by atoms with van der Waals surface area (Å²) in [4.78, 5) is 15.5. The predicted octanol–water partition coefficient (Wildman–Crippen LogP) is 1.20. The molecule has 1 rings (SSSR count). The van der Waals surface area contributed by atoms with E-state index in [-0.39, 0.29) is 5.97 Å². The van der Waals surface area contributed by atoms with Crippen molar-refractivity contribution in [1.82, 2.24) is 5.06 Å². The number of hydroxylamine groups is 2. The van der Waals surface area contributed by atoms with E-state index in [0.29, 0.717) is 5.92 Å². The summed E-state index contributed by atoms with van der Waals surface area (Å²) in [6.45, 7) is 5.40. The molecule has 0 aromatic rings. The van der Waals surface area contributed by atoms with Gasteiger partial charge in [-0.3, -0.25) is 4.79 Å². The minimum atomic E-state index is -0.209. The number of carbonyl (C=O) groups is 1. The minimum Gasteiger partial charge on any atom is -0.368 e. The Hall–Kier alpha value is -0.570. The molecule has 1 fully saturated rings. The monoisotopic (exact) mass is 157 g/mol. The lowest BCUT2D eigenvalue weighted by Gasteiger charge is -2.28. The first-order valence-corrected chi connectivity index (χ1v) is 4.12. The van der Waals surface area contributed by atoms with Crippen molar-refractivity contribution in [3.8, 4) is 0 Å². The van der Waals surface area contributed by atoms with Gasteiger partial charge in [-0.25, -0.2) is 0 Å². The van der Waals surface area contributed by atoms with Crippen LogP contribution in [-0.2, 0) is 9.63 Å². The van der Waals surface area contributed by atoms with Crippen molar-refractivity contribution in [3.05, 3.63) is 0 Å². The molecular weight excluding hydrogens is 142 g/mol. The highest BCUT2D eigenvalue weighted by Gasteiger charge is 2.17. The van der Waals surface area contributed by atoms with Crippen molar-refractivity contribution in [2.24, 2.45) is 5.92 Å². The molecule has 0 aromatic heterocycles. The maximum atomic E-state index is 10.6. The highest BCUT2D eigenvalue weighted by molar-refractivity contribution is 5.65. The quantitative estimate of drug-likeness (QED) is 0.572. The maximum absolute atomic E-state index is 10.6. The normalized spacial score (nSPS) is 26.5. The van der Waals surface area contributed by atoms with Crippen LogP contribution in [0.3, 0.4) is 0 Å². The van der Waals surface area contributed by atoms with Crippen molar-refractivity contribution in [2.45, 2.75) is 26.7 Å². The van der Waals surface area contributed by atoms with Gasteiger partial charge in [-0.1, -0.05) is 6.92 Å². The van der Waals surface area contributed by atoms with Crippen LogP contribution in [0.25, 0.3) is 0 Å². The molecule has 0 spiro atoms. The fourth-order valence-corrected chi connectivity index (χ4v) is 1.41. The first-order valence-electron chi connectivity index (χ1n) is 4.12. The van der Waals surface area contributed by atoms with Crippen LogP contribution in [0.5, 0.6) is 0 Å². The highest BCUT2D eigenvalue weighted by atomic mass is 16.7. The van der Waals surface area contributed by atoms with Crippen LogP contribution in [0.1, 0.15) is 26.7 Å². The SMILES string of the molecule is CC(=O)ON1CCCC(C)C1. The molecule has 0 bridgehead atoms. The Kier molecular flexibility index (Phi) is 2.88. The third-order valence-corrected chi connectivity index (χ3v) is 1.88. The highest BCUT2D eigenvalue weighted by Crippen LogP contribution is 2.15. The van der Waals surface area contributed by atoms with Crippen LogP contribution in [0.15, 0.2) is 0 Å². The van der Waals surface area contributed by atoms with Gasteiger partial charge in [0.15, 0.2) is 0 Å². The summed E-state index contributed by atoms with van der Waals surface area (Å²) in [6, 6.07) is 0. The molecule has 11 heavy (non-hydrogen) atoms. The zero-order valence-electron chi connectivity index (χ0n) is 7.17. The van der Waals surface area contributed by atoms with E-state index < -0.39 is 0 Å². The summed E-state index contributed by atoms with van der Waals surface area (Å²) in [7, 11) is 0. The molecule has 0 saturated carbocycles.